The summed E-state index contributed by atoms with van der Waals surface area (Å²) in [6, 6.07) is 7.14. The molecule has 1 aromatic carbocycles. The first-order valence-corrected chi connectivity index (χ1v) is 6.93. The van der Waals surface area contributed by atoms with E-state index in [2.05, 4.69) is 5.32 Å². The Labute approximate surface area is 124 Å². The van der Waals surface area contributed by atoms with Crippen LogP contribution in [0, 0.1) is 5.92 Å². The largest absolute Gasteiger partial charge is 0.461 e. The van der Waals surface area contributed by atoms with Gasteiger partial charge in [0.05, 0.1) is 6.10 Å². The van der Waals surface area contributed by atoms with E-state index in [-0.39, 0.29) is 17.8 Å². The number of hydrogen-bond donors (Lipinski definition) is 1. The number of ether oxygens (including phenoxy) is 1. The van der Waals surface area contributed by atoms with E-state index in [4.69, 9.17) is 4.74 Å². The van der Waals surface area contributed by atoms with Crippen LogP contribution in [0.25, 0.3) is 0 Å². The van der Waals surface area contributed by atoms with Gasteiger partial charge in [0.25, 0.3) is 5.91 Å². The molecule has 5 nitrogen and oxygen atoms in total. The lowest BCUT2D eigenvalue weighted by molar-refractivity contribution is -0.152. The van der Waals surface area contributed by atoms with Crippen molar-refractivity contribution >= 4 is 17.7 Å². The molecule has 5 heteroatoms. The van der Waals surface area contributed by atoms with Crippen LogP contribution in [0.5, 0.6) is 0 Å². The van der Waals surface area contributed by atoms with Crippen molar-refractivity contribution in [2.75, 3.05) is 0 Å². The molecule has 114 valence electrons. The zero-order chi connectivity index (χ0) is 16.0. The van der Waals surface area contributed by atoms with Gasteiger partial charge in [-0.05, 0) is 26.0 Å². The fourth-order valence-electron chi connectivity index (χ4n) is 1.68. The lowest BCUT2D eigenvalue weighted by atomic mass is 10.0. The maximum absolute atomic E-state index is 12.1. The van der Waals surface area contributed by atoms with Crippen molar-refractivity contribution in [2.24, 2.45) is 5.92 Å². The summed E-state index contributed by atoms with van der Waals surface area (Å²) >= 11 is 0. The van der Waals surface area contributed by atoms with Crippen molar-refractivity contribution < 1.29 is 19.1 Å². The van der Waals surface area contributed by atoms with E-state index in [1.165, 1.54) is 0 Å². The number of nitrogens with one attached hydrogen (secondary N) is 1. The number of rotatable bonds is 6. The Morgan fingerprint density at radius 2 is 1.57 bits per heavy atom. The minimum absolute atomic E-state index is 0.353. The van der Waals surface area contributed by atoms with Gasteiger partial charge in [-0.1, -0.05) is 32.0 Å². The van der Waals surface area contributed by atoms with Crippen LogP contribution >= 0.6 is 0 Å². The predicted octanol–water partition coefficient (Wildman–Crippen LogP) is 1.96. The van der Waals surface area contributed by atoms with Crippen molar-refractivity contribution in [3.8, 4) is 0 Å². The second kappa shape index (κ2) is 7.57. The molecule has 0 saturated heterocycles. The smallest absolute Gasteiger partial charge is 0.336 e. The Kier molecular flexibility index (Phi) is 6.09. The van der Waals surface area contributed by atoms with Crippen LogP contribution in [0.2, 0.25) is 0 Å². The Morgan fingerprint density at radius 1 is 1.00 bits per heavy atom. The maximum atomic E-state index is 12.1. The molecule has 1 N–H and O–H groups in total. The molecule has 0 aliphatic carbocycles. The predicted molar refractivity (Wildman–Crippen MR) is 78.8 cm³/mol. The van der Waals surface area contributed by atoms with E-state index < -0.39 is 17.9 Å². The average molecular weight is 291 g/mol. The Morgan fingerprint density at radius 3 is 2.05 bits per heavy atom. The summed E-state index contributed by atoms with van der Waals surface area (Å²) in [7, 11) is 0. The normalized spacial score (nSPS) is 12.1. The molecule has 1 amide bonds. The third kappa shape index (κ3) is 5.02. The van der Waals surface area contributed by atoms with Crippen molar-refractivity contribution in [2.45, 2.75) is 39.8 Å². The number of carbonyl (C=O) groups is 3. The second-order valence-corrected chi connectivity index (χ2v) is 5.32. The van der Waals surface area contributed by atoms with Gasteiger partial charge in [-0.3, -0.25) is 9.59 Å². The third-order valence-electron chi connectivity index (χ3n) is 2.75. The number of amides is 1. The highest BCUT2D eigenvalue weighted by molar-refractivity contribution is 6.08. The quantitative estimate of drug-likeness (QED) is 0.642. The molecule has 1 unspecified atom stereocenters. The maximum Gasteiger partial charge on any atom is 0.336 e. The summed E-state index contributed by atoms with van der Waals surface area (Å²) in [5, 5.41) is 2.46. The summed E-state index contributed by atoms with van der Waals surface area (Å²) < 4.78 is 5.05. The summed E-state index contributed by atoms with van der Waals surface area (Å²) in [6.45, 7) is 6.72. The number of benzene rings is 1. The summed E-state index contributed by atoms with van der Waals surface area (Å²) in [6.07, 6.45) is -0.353. The minimum atomic E-state index is -1.28. The standard InChI is InChI=1S/C16H21NO4/c1-10(2)14(18)13(16(20)21-11(3)4)17-15(19)12-8-6-5-7-9-12/h5-11,13H,1-4H3,(H,17,19). The lowest BCUT2D eigenvalue weighted by Gasteiger charge is -2.19. The van der Waals surface area contributed by atoms with Crippen LogP contribution in [-0.2, 0) is 14.3 Å². The first-order valence-electron chi connectivity index (χ1n) is 6.93. The van der Waals surface area contributed by atoms with E-state index in [9.17, 15) is 14.4 Å². The molecule has 0 radical (unpaired) electrons. The van der Waals surface area contributed by atoms with Crippen molar-refractivity contribution in [1.29, 1.82) is 0 Å². The van der Waals surface area contributed by atoms with Crippen LogP contribution in [0.15, 0.2) is 30.3 Å². The molecule has 0 aromatic heterocycles. The molecule has 0 spiro atoms. The molecule has 21 heavy (non-hydrogen) atoms. The van der Waals surface area contributed by atoms with Crippen molar-refractivity contribution in [3.05, 3.63) is 35.9 Å². The molecule has 1 rings (SSSR count). The van der Waals surface area contributed by atoms with E-state index in [0.29, 0.717) is 5.56 Å². The lowest BCUT2D eigenvalue weighted by Crippen LogP contribution is -2.49. The van der Waals surface area contributed by atoms with E-state index in [1.54, 1.807) is 58.0 Å². The van der Waals surface area contributed by atoms with Gasteiger partial charge in [-0.25, -0.2) is 4.79 Å². The highest BCUT2D eigenvalue weighted by atomic mass is 16.5. The molecule has 1 aromatic rings. The Hall–Kier alpha value is -2.17. The van der Waals surface area contributed by atoms with E-state index in [1.807, 2.05) is 0 Å². The second-order valence-electron chi connectivity index (χ2n) is 5.32. The zero-order valence-corrected chi connectivity index (χ0v) is 12.8. The summed E-state index contributed by atoms with van der Waals surface area (Å²) in [5.74, 6) is -1.96. The monoisotopic (exact) mass is 291 g/mol. The number of esters is 1. The fourth-order valence-corrected chi connectivity index (χ4v) is 1.68. The Bertz CT molecular complexity index is 508. The number of carbonyl (C=O) groups excluding carboxylic acids is 3. The summed E-state index contributed by atoms with van der Waals surface area (Å²) in [4.78, 5) is 36.2. The molecular weight excluding hydrogens is 270 g/mol. The van der Waals surface area contributed by atoms with Gasteiger partial charge in [0.15, 0.2) is 11.8 Å². The highest BCUT2D eigenvalue weighted by Crippen LogP contribution is 2.06. The average Bonchev–Trinajstić information content (AvgIpc) is 2.43. The number of hydrogen-bond acceptors (Lipinski definition) is 4. The van der Waals surface area contributed by atoms with Gasteiger partial charge >= 0.3 is 5.97 Å². The van der Waals surface area contributed by atoms with E-state index in [0.717, 1.165) is 0 Å². The molecule has 0 bridgehead atoms. The molecule has 0 aliphatic rings. The SMILES string of the molecule is CC(C)OC(=O)C(NC(=O)c1ccccc1)C(=O)C(C)C. The molecule has 0 saturated carbocycles. The van der Waals surface area contributed by atoms with Gasteiger partial charge in [0.1, 0.15) is 0 Å². The van der Waals surface area contributed by atoms with Crippen LogP contribution < -0.4 is 5.32 Å². The van der Waals surface area contributed by atoms with Crippen LogP contribution in [-0.4, -0.2) is 29.8 Å². The van der Waals surface area contributed by atoms with Gasteiger partial charge in [0, 0.05) is 11.5 Å². The van der Waals surface area contributed by atoms with Crippen molar-refractivity contribution in [3.63, 3.8) is 0 Å². The Balaban J connectivity index is 2.90. The van der Waals surface area contributed by atoms with E-state index >= 15 is 0 Å². The molecule has 1 atom stereocenters. The van der Waals surface area contributed by atoms with Crippen molar-refractivity contribution in [1.82, 2.24) is 5.32 Å². The molecule has 0 aliphatic heterocycles. The van der Waals surface area contributed by atoms with Crippen LogP contribution in [0.1, 0.15) is 38.1 Å². The first-order chi connectivity index (χ1) is 9.82. The molecular formula is C16H21NO4. The summed E-state index contributed by atoms with van der Waals surface area (Å²) in [5.41, 5.74) is 0.386. The fraction of sp³-hybridized carbons (Fsp3) is 0.438. The van der Waals surface area contributed by atoms with Gasteiger partial charge in [0.2, 0.25) is 0 Å². The van der Waals surface area contributed by atoms with Crippen LogP contribution in [0.4, 0.5) is 0 Å². The number of Topliss-reactive ketones (excluding diaryl/α,β-unsaturated/α-hetero) is 1. The first kappa shape index (κ1) is 16.9. The van der Waals surface area contributed by atoms with Gasteiger partial charge in [-0.2, -0.15) is 0 Å². The zero-order valence-electron chi connectivity index (χ0n) is 12.8. The minimum Gasteiger partial charge on any atom is -0.461 e. The van der Waals surface area contributed by atoms with Gasteiger partial charge < -0.3 is 10.1 Å². The number of ketones is 1. The molecule has 0 fully saturated rings. The van der Waals surface area contributed by atoms with Gasteiger partial charge in [-0.15, -0.1) is 0 Å². The topological polar surface area (TPSA) is 72.5 Å². The highest BCUT2D eigenvalue weighted by Gasteiger charge is 2.32. The van der Waals surface area contributed by atoms with Crippen LogP contribution in [0.3, 0.4) is 0 Å². The molecule has 0 heterocycles. The third-order valence-corrected chi connectivity index (χ3v) is 2.75.